The number of nitrogens with one attached hydrogen (secondary N) is 1. The van der Waals surface area contributed by atoms with E-state index < -0.39 is 0 Å². The third-order valence-electron chi connectivity index (χ3n) is 4.50. The molecule has 0 unspecified atom stereocenters. The first-order chi connectivity index (χ1) is 9.78. The van der Waals surface area contributed by atoms with Gasteiger partial charge in [0.15, 0.2) is 0 Å². The topological polar surface area (TPSA) is 32.3 Å². The number of halogens is 1. The van der Waals surface area contributed by atoms with Crippen LogP contribution in [-0.2, 0) is 6.42 Å². The normalized spacial score (nSPS) is 19.4. The van der Waals surface area contributed by atoms with Gasteiger partial charge in [0.1, 0.15) is 0 Å². The van der Waals surface area contributed by atoms with Crippen molar-refractivity contribution in [3.8, 4) is 0 Å². The summed E-state index contributed by atoms with van der Waals surface area (Å²) in [6.45, 7) is 5.11. The molecule has 0 bridgehead atoms. The number of thiophene rings is 1. The maximum Gasteiger partial charge on any atom is 0.264 e. The summed E-state index contributed by atoms with van der Waals surface area (Å²) in [6, 6.07) is 2.70. The van der Waals surface area contributed by atoms with Crippen LogP contribution in [0.1, 0.15) is 47.8 Å². The summed E-state index contributed by atoms with van der Waals surface area (Å²) in [5.41, 5.74) is 1.20. The number of rotatable bonds is 5. The van der Waals surface area contributed by atoms with Crippen LogP contribution in [0.4, 0.5) is 0 Å². The van der Waals surface area contributed by atoms with E-state index in [4.69, 9.17) is 0 Å². The molecule has 2 fully saturated rings. The molecule has 0 aromatic carbocycles. The van der Waals surface area contributed by atoms with Crippen molar-refractivity contribution in [3.05, 3.63) is 21.9 Å². The van der Waals surface area contributed by atoms with Crippen molar-refractivity contribution in [2.45, 2.75) is 45.1 Å². The summed E-state index contributed by atoms with van der Waals surface area (Å²) in [6.07, 6.45) is 5.96. The maximum atomic E-state index is 12.5. The first-order valence-electron chi connectivity index (χ1n) is 7.87. The highest BCUT2D eigenvalue weighted by Crippen LogP contribution is 2.28. The number of carbonyl (C=O) groups is 1. The first-order valence-corrected chi connectivity index (χ1v) is 8.75. The second-order valence-corrected chi connectivity index (χ2v) is 6.96. The number of carbonyl (C=O) groups excluding carboxylic acids is 1. The van der Waals surface area contributed by atoms with E-state index in [0.717, 1.165) is 43.1 Å². The zero-order valence-corrected chi connectivity index (χ0v) is 14.3. The van der Waals surface area contributed by atoms with E-state index in [1.54, 1.807) is 11.3 Å². The molecule has 1 amide bonds. The lowest BCUT2D eigenvalue weighted by atomic mass is 10.0. The quantitative estimate of drug-likeness (QED) is 0.899. The molecule has 21 heavy (non-hydrogen) atoms. The van der Waals surface area contributed by atoms with E-state index in [1.807, 2.05) is 10.3 Å². The molecule has 3 nitrogen and oxygen atoms in total. The number of likely N-dealkylation sites (tertiary alicyclic amines) is 1. The summed E-state index contributed by atoms with van der Waals surface area (Å²) in [5, 5.41) is 5.70. The zero-order valence-electron chi connectivity index (χ0n) is 12.6. The lowest BCUT2D eigenvalue weighted by Gasteiger charge is -2.32. The van der Waals surface area contributed by atoms with Crippen LogP contribution in [0.15, 0.2) is 11.4 Å². The van der Waals surface area contributed by atoms with Crippen molar-refractivity contribution in [2.75, 3.05) is 19.6 Å². The molecule has 1 aliphatic heterocycles. The highest BCUT2D eigenvalue weighted by Gasteiger charge is 2.27. The minimum Gasteiger partial charge on any atom is -0.338 e. The molecule has 1 aromatic rings. The van der Waals surface area contributed by atoms with Gasteiger partial charge in [-0.15, -0.1) is 23.7 Å². The molecule has 2 heterocycles. The highest BCUT2D eigenvalue weighted by atomic mass is 35.5. The Labute approximate surface area is 137 Å². The van der Waals surface area contributed by atoms with Crippen molar-refractivity contribution < 1.29 is 4.79 Å². The van der Waals surface area contributed by atoms with Crippen LogP contribution in [0, 0.1) is 5.92 Å². The molecule has 1 aromatic heterocycles. The van der Waals surface area contributed by atoms with E-state index in [0.29, 0.717) is 6.04 Å². The van der Waals surface area contributed by atoms with Gasteiger partial charge in [0.2, 0.25) is 0 Å². The lowest BCUT2D eigenvalue weighted by molar-refractivity contribution is 0.0709. The molecule has 1 aliphatic carbocycles. The van der Waals surface area contributed by atoms with E-state index in [9.17, 15) is 4.79 Å². The van der Waals surface area contributed by atoms with Gasteiger partial charge in [0.25, 0.3) is 5.91 Å². The number of hydrogen-bond donors (Lipinski definition) is 1. The van der Waals surface area contributed by atoms with Crippen LogP contribution in [0.25, 0.3) is 0 Å². The van der Waals surface area contributed by atoms with Crippen molar-refractivity contribution >= 4 is 29.7 Å². The Morgan fingerprint density at radius 3 is 2.67 bits per heavy atom. The summed E-state index contributed by atoms with van der Waals surface area (Å²) in [7, 11) is 0. The van der Waals surface area contributed by atoms with Gasteiger partial charge < -0.3 is 10.2 Å². The Morgan fingerprint density at radius 2 is 2.05 bits per heavy atom. The van der Waals surface area contributed by atoms with Crippen LogP contribution >= 0.6 is 23.7 Å². The van der Waals surface area contributed by atoms with Crippen molar-refractivity contribution in [1.29, 1.82) is 0 Å². The van der Waals surface area contributed by atoms with Gasteiger partial charge in [-0.25, -0.2) is 0 Å². The third-order valence-corrected chi connectivity index (χ3v) is 5.44. The molecule has 5 heteroatoms. The minimum atomic E-state index is 0. The fraction of sp³-hybridized carbons (Fsp3) is 0.688. The Balaban J connectivity index is 0.00000161. The van der Waals surface area contributed by atoms with Crippen LogP contribution in [0.2, 0.25) is 0 Å². The maximum absolute atomic E-state index is 12.5. The Bertz CT molecular complexity index is 465. The summed E-state index contributed by atoms with van der Waals surface area (Å²) < 4.78 is 0. The van der Waals surface area contributed by atoms with Gasteiger partial charge in [-0.3, -0.25) is 4.79 Å². The molecule has 2 aliphatic rings. The number of nitrogens with zero attached hydrogens (tertiary/aromatic N) is 1. The molecular weight excluding hydrogens is 304 g/mol. The summed E-state index contributed by atoms with van der Waals surface area (Å²) in [5.74, 6) is 1.19. The van der Waals surface area contributed by atoms with E-state index in [-0.39, 0.29) is 18.3 Å². The fourth-order valence-corrected chi connectivity index (χ4v) is 3.85. The molecule has 0 radical (unpaired) electrons. The average Bonchev–Trinajstić information content (AvgIpc) is 3.20. The predicted molar refractivity (Wildman–Crippen MR) is 90.6 cm³/mol. The highest BCUT2D eigenvalue weighted by molar-refractivity contribution is 7.12. The fourth-order valence-electron chi connectivity index (χ4n) is 2.89. The standard InChI is InChI=1S/C16H24N2OS.ClH/c1-2-13-7-10-20-15(13)16(19)18-8-5-14(6-9-18)17-11-12-3-4-12;/h7,10,12,14,17H,2-6,8-9,11H2,1H3;1H. The molecule has 0 spiro atoms. The first kappa shape index (κ1) is 16.8. The Morgan fingerprint density at radius 1 is 1.33 bits per heavy atom. The molecule has 0 atom stereocenters. The second kappa shape index (κ2) is 7.61. The SMILES string of the molecule is CCc1ccsc1C(=O)N1CCC(NCC2CC2)CC1.Cl. The molecule has 3 rings (SSSR count). The van der Waals surface area contributed by atoms with Crippen LogP contribution in [-0.4, -0.2) is 36.5 Å². The number of piperidine rings is 1. The van der Waals surface area contributed by atoms with Gasteiger partial charge in [-0.2, -0.15) is 0 Å². The molecule has 1 N–H and O–H groups in total. The largest absolute Gasteiger partial charge is 0.338 e. The predicted octanol–water partition coefficient (Wildman–Crippen LogP) is 3.34. The minimum absolute atomic E-state index is 0. The van der Waals surface area contributed by atoms with Crippen molar-refractivity contribution in [1.82, 2.24) is 10.2 Å². The third kappa shape index (κ3) is 4.21. The van der Waals surface area contributed by atoms with Crippen molar-refractivity contribution in [3.63, 3.8) is 0 Å². The Kier molecular flexibility index (Phi) is 6.08. The smallest absolute Gasteiger partial charge is 0.264 e. The van der Waals surface area contributed by atoms with Crippen LogP contribution in [0.5, 0.6) is 0 Å². The van der Waals surface area contributed by atoms with Crippen LogP contribution in [0.3, 0.4) is 0 Å². The molecule has 1 saturated heterocycles. The van der Waals surface area contributed by atoms with Crippen LogP contribution < -0.4 is 5.32 Å². The number of amides is 1. The van der Waals surface area contributed by atoms with Crippen molar-refractivity contribution in [2.24, 2.45) is 5.92 Å². The van der Waals surface area contributed by atoms with Gasteiger partial charge >= 0.3 is 0 Å². The zero-order chi connectivity index (χ0) is 13.9. The second-order valence-electron chi connectivity index (χ2n) is 6.05. The van der Waals surface area contributed by atoms with E-state index in [1.165, 1.54) is 24.9 Å². The summed E-state index contributed by atoms with van der Waals surface area (Å²) in [4.78, 5) is 15.5. The van der Waals surface area contributed by atoms with Gasteiger partial charge in [-0.05, 0) is 61.6 Å². The molecule has 1 saturated carbocycles. The van der Waals surface area contributed by atoms with E-state index in [2.05, 4.69) is 18.3 Å². The number of hydrogen-bond acceptors (Lipinski definition) is 3. The van der Waals surface area contributed by atoms with Gasteiger partial charge in [-0.1, -0.05) is 6.92 Å². The Hall–Kier alpha value is -0.580. The molecule has 118 valence electrons. The number of aryl methyl sites for hydroxylation is 1. The van der Waals surface area contributed by atoms with E-state index >= 15 is 0 Å². The lowest BCUT2D eigenvalue weighted by Crippen LogP contribution is -2.45. The van der Waals surface area contributed by atoms with Gasteiger partial charge in [0, 0.05) is 19.1 Å². The summed E-state index contributed by atoms with van der Waals surface area (Å²) >= 11 is 1.59. The monoisotopic (exact) mass is 328 g/mol. The molecular formula is C16H25ClN2OS. The average molecular weight is 329 g/mol. The van der Waals surface area contributed by atoms with Gasteiger partial charge in [0.05, 0.1) is 4.88 Å².